The summed E-state index contributed by atoms with van der Waals surface area (Å²) in [7, 11) is 1.47. The van der Waals surface area contributed by atoms with Gasteiger partial charge in [-0.1, -0.05) is 6.08 Å². The third kappa shape index (κ3) is 2.19. The lowest BCUT2D eigenvalue weighted by molar-refractivity contribution is -0.214. The Morgan fingerprint density at radius 2 is 2.50 bits per heavy atom. The van der Waals surface area contributed by atoms with Crippen LogP contribution in [-0.4, -0.2) is 37.6 Å². The first kappa shape index (κ1) is 13.5. The molecule has 2 N–H and O–H groups in total. The summed E-state index contributed by atoms with van der Waals surface area (Å²) in [6.07, 6.45) is 3.95. The van der Waals surface area contributed by atoms with E-state index in [1.165, 1.54) is 7.11 Å². The van der Waals surface area contributed by atoms with Crippen LogP contribution in [0, 0.1) is 11.8 Å². The maximum atomic E-state index is 10.3. The highest BCUT2D eigenvalue weighted by Gasteiger charge is 2.47. The zero-order valence-electron chi connectivity index (χ0n) is 10.9. The standard InChI is InChI=1S/C13H21NO4/c1-4-9-10-6-7-14-13(15,16-3)11(10)8-18-12(9)17-5-2/h4,8-10,12,14-15H,1,5-7H2,2-3H3/t9-,10+,12-,13+/m0/s1. The normalized spacial score (nSPS) is 39.5. The van der Waals surface area contributed by atoms with Gasteiger partial charge in [-0.05, 0) is 13.3 Å². The van der Waals surface area contributed by atoms with Crippen molar-refractivity contribution in [1.29, 1.82) is 0 Å². The zero-order valence-corrected chi connectivity index (χ0v) is 10.9. The van der Waals surface area contributed by atoms with Crippen LogP contribution in [0.3, 0.4) is 0 Å². The Bertz CT molecular complexity index is 344. The topological polar surface area (TPSA) is 60.0 Å². The fraction of sp³-hybridized carbons (Fsp3) is 0.692. The van der Waals surface area contributed by atoms with Crippen LogP contribution in [0.5, 0.6) is 0 Å². The fourth-order valence-electron chi connectivity index (χ4n) is 2.67. The maximum absolute atomic E-state index is 10.3. The van der Waals surface area contributed by atoms with Crippen molar-refractivity contribution in [3.8, 4) is 0 Å². The predicted octanol–water partition coefficient (Wildman–Crippen LogP) is 0.967. The molecule has 0 spiro atoms. The molecule has 0 aromatic rings. The van der Waals surface area contributed by atoms with Crippen LogP contribution in [0.1, 0.15) is 13.3 Å². The molecule has 1 saturated heterocycles. The van der Waals surface area contributed by atoms with Crippen molar-refractivity contribution in [2.75, 3.05) is 20.3 Å². The molecule has 5 heteroatoms. The highest BCUT2D eigenvalue weighted by Crippen LogP contribution is 2.41. The lowest BCUT2D eigenvalue weighted by atomic mass is 9.78. The lowest BCUT2D eigenvalue weighted by Gasteiger charge is -2.45. The number of nitrogens with one attached hydrogen (secondary N) is 1. The summed E-state index contributed by atoms with van der Waals surface area (Å²) in [4.78, 5) is 0. The van der Waals surface area contributed by atoms with Gasteiger partial charge in [0.05, 0.1) is 6.26 Å². The van der Waals surface area contributed by atoms with E-state index < -0.39 is 5.91 Å². The van der Waals surface area contributed by atoms with E-state index >= 15 is 0 Å². The Balaban J connectivity index is 2.27. The summed E-state index contributed by atoms with van der Waals surface area (Å²) in [5, 5.41) is 13.3. The molecular weight excluding hydrogens is 234 g/mol. The number of fused-ring (bicyclic) bond motifs is 1. The third-order valence-electron chi connectivity index (χ3n) is 3.62. The Morgan fingerprint density at radius 3 is 3.11 bits per heavy atom. The van der Waals surface area contributed by atoms with Gasteiger partial charge in [0.2, 0.25) is 6.29 Å². The van der Waals surface area contributed by atoms with Crippen molar-refractivity contribution in [3.63, 3.8) is 0 Å². The molecule has 0 aromatic heterocycles. The zero-order chi connectivity index (χ0) is 13.2. The average molecular weight is 255 g/mol. The van der Waals surface area contributed by atoms with Gasteiger partial charge >= 0.3 is 0 Å². The second kappa shape index (κ2) is 5.40. The number of methoxy groups -OCH3 is 1. The van der Waals surface area contributed by atoms with Crippen LogP contribution < -0.4 is 5.32 Å². The summed E-state index contributed by atoms with van der Waals surface area (Å²) in [5.41, 5.74) is 0.706. The van der Waals surface area contributed by atoms with Gasteiger partial charge in [-0.3, -0.25) is 5.32 Å². The van der Waals surface area contributed by atoms with Crippen LogP contribution in [0.2, 0.25) is 0 Å². The molecule has 0 aliphatic carbocycles. The molecule has 18 heavy (non-hydrogen) atoms. The van der Waals surface area contributed by atoms with Gasteiger partial charge in [-0.2, -0.15) is 0 Å². The molecular formula is C13H21NO4. The van der Waals surface area contributed by atoms with Crippen LogP contribution in [-0.2, 0) is 14.2 Å². The van der Waals surface area contributed by atoms with Crippen molar-refractivity contribution in [2.45, 2.75) is 25.5 Å². The number of rotatable bonds is 4. The third-order valence-corrected chi connectivity index (χ3v) is 3.62. The SMILES string of the molecule is C=C[C@@H]1[C@@H](OCC)OC=C2[C@@H]1CCN[C@]2(O)OC. The van der Waals surface area contributed by atoms with Gasteiger partial charge in [0.25, 0.3) is 5.91 Å². The highest BCUT2D eigenvalue weighted by atomic mass is 16.7. The summed E-state index contributed by atoms with van der Waals surface area (Å²) in [6.45, 7) is 7.04. The van der Waals surface area contributed by atoms with Crippen molar-refractivity contribution in [2.24, 2.45) is 11.8 Å². The minimum atomic E-state index is -1.44. The summed E-state index contributed by atoms with van der Waals surface area (Å²) < 4.78 is 16.3. The molecule has 2 rings (SSSR count). The van der Waals surface area contributed by atoms with Gasteiger partial charge in [-0.15, -0.1) is 6.58 Å². The van der Waals surface area contributed by atoms with Crippen molar-refractivity contribution in [3.05, 3.63) is 24.5 Å². The van der Waals surface area contributed by atoms with Crippen LogP contribution in [0.15, 0.2) is 24.5 Å². The van der Waals surface area contributed by atoms with E-state index in [0.717, 1.165) is 6.42 Å². The van der Waals surface area contributed by atoms with E-state index in [0.29, 0.717) is 18.7 Å². The summed E-state index contributed by atoms with van der Waals surface area (Å²) in [5.74, 6) is -1.30. The molecule has 0 bridgehead atoms. The number of piperidine rings is 1. The molecule has 2 heterocycles. The Morgan fingerprint density at radius 1 is 1.72 bits per heavy atom. The van der Waals surface area contributed by atoms with Crippen LogP contribution in [0.4, 0.5) is 0 Å². The van der Waals surface area contributed by atoms with Gasteiger partial charge in [-0.25, -0.2) is 0 Å². The molecule has 102 valence electrons. The van der Waals surface area contributed by atoms with Gasteiger partial charge in [0, 0.05) is 37.7 Å². The number of hydrogen-bond acceptors (Lipinski definition) is 5. The fourth-order valence-corrected chi connectivity index (χ4v) is 2.67. The van der Waals surface area contributed by atoms with E-state index in [1.54, 1.807) is 6.26 Å². The molecule has 0 amide bonds. The van der Waals surface area contributed by atoms with E-state index in [4.69, 9.17) is 14.2 Å². The number of ether oxygens (including phenoxy) is 3. The number of aliphatic hydroxyl groups is 1. The maximum Gasteiger partial charge on any atom is 0.252 e. The minimum absolute atomic E-state index is 0.0220. The Kier molecular flexibility index (Phi) is 4.07. The molecule has 4 atom stereocenters. The quantitative estimate of drug-likeness (QED) is 0.579. The first-order chi connectivity index (χ1) is 8.66. The van der Waals surface area contributed by atoms with E-state index in [9.17, 15) is 5.11 Å². The molecule has 5 nitrogen and oxygen atoms in total. The number of hydrogen-bond donors (Lipinski definition) is 2. The molecule has 2 aliphatic rings. The second-order valence-corrected chi connectivity index (χ2v) is 4.52. The van der Waals surface area contributed by atoms with Crippen molar-refractivity contribution >= 4 is 0 Å². The Hall–Kier alpha value is -0.880. The summed E-state index contributed by atoms with van der Waals surface area (Å²) >= 11 is 0. The minimum Gasteiger partial charge on any atom is -0.472 e. The molecule has 0 radical (unpaired) electrons. The van der Waals surface area contributed by atoms with Crippen LogP contribution >= 0.6 is 0 Å². The highest BCUT2D eigenvalue weighted by molar-refractivity contribution is 5.21. The monoisotopic (exact) mass is 255 g/mol. The summed E-state index contributed by atoms with van der Waals surface area (Å²) in [6, 6.07) is 0. The van der Waals surface area contributed by atoms with Gasteiger partial charge < -0.3 is 19.3 Å². The molecule has 2 aliphatic heterocycles. The molecule has 0 aromatic carbocycles. The average Bonchev–Trinajstić information content (AvgIpc) is 2.39. The van der Waals surface area contributed by atoms with E-state index in [2.05, 4.69) is 11.9 Å². The largest absolute Gasteiger partial charge is 0.472 e. The predicted molar refractivity (Wildman–Crippen MR) is 66.3 cm³/mol. The van der Waals surface area contributed by atoms with Gasteiger partial charge in [0.1, 0.15) is 0 Å². The van der Waals surface area contributed by atoms with E-state index in [-0.39, 0.29) is 18.1 Å². The first-order valence-electron chi connectivity index (χ1n) is 6.29. The smallest absolute Gasteiger partial charge is 0.252 e. The van der Waals surface area contributed by atoms with Gasteiger partial charge in [0.15, 0.2) is 0 Å². The van der Waals surface area contributed by atoms with Crippen molar-refractivity contribution < 1.29 is 19.3 Å². The molecule has 0 unspecified atom stereocenters. The van der Waals surface area contributed by atoms with Crippen LogP contribution in [0.25, 0.3) is 0 Å². The van der Waals surface area contributed by atoms with Crippen molar-refractivity contribution in [1.82, 2.24) is 5.32 Å². The first-order valence-corrected chi connectivity index (χ1v) is 6.29. The van der Waals surface area contributed by atoms with E-state index in [1.807, 2.05) is 13.0 Å². The lowest BCUT2D eigenvalue weighted by Crippen LogP contribution is -2.57. The Labute approximate surface area is 107 Å². The molecule has 1 fully saturated rings. The second-order valence-electron chi connectivity index (χ2n) is 4.52. The molecule has 0 saturated carbocycles.